The lowest BCUT2D eigenvalue weighted by molar-refractivity contribution is -0.123. The minimum absolute atomic E-state index is 0.140. The molecule has 3 rings (SSSR count). The fourth-order valence-electron chi connectivity index (χ4n) is 2.21. The summed E-state index contributed by atoms with van der Waals surface area (Å²) >= 11 is 0. The number of H-pyrrole nitrogens is 1. The summed E-state index contributed by atoms with van der Waals surface area (Å²) in [7, 11) is 0. The first-order valence-electron chi connectivity index (χ1n) is 7.37. The Kier molecular flexibility index (Phi) is 4.18. The van der Waals surface area contributed by atoms with Crippen molar-refractivity contribution >= 4 is 11.8 Å². The third-order valence-electron chi connectivity index (χ3n) is 3.57. The predicted octanol–water partition coefficient (Wildman–Crippen LogP) is 1.03. The zero-order valence-corrected chi connectivity index (χ0v) is 12.1. The smallest absolute Gasteiger partial charge is 0.269 e. The zero-order valence-electron chi connectivity index (χ0n) is 12.1. The van der Waals surface area contributed by atoms with Crippen LogP contribution < -0.4 is 10.6 Å². The van der Waals surface area contributed by atoms with E-state index in [2.05, 4.69) is 20.8 Å². The van der Waals surface area contributed by atoms with Gasteiger partial charge in [0.1, 0.15) is 11.7 Å². The Balaban J connectivity index is 1.70. The fraction of sp³-hybridized carbons (Fsp3) is 0.312. The molecular weight excluding hydrogens is 280 g/mol. The van der Waals surface area contributed by atoms with Gasteiger partial charge in [0.15, 0.2) is 0 Å². The molecule has 1 aliphatic carbocycles. The van der Waals surface area contributed by atoms with E-state index in [9.17, 15) is 9.59 Å². The quantitative estimate of drug-likeness (QED) is 0.744. The molecule has 1 aromatic carbocycles. The molecule has 1 aliphatic rings. The second kappa shape index (κ2) is 6.43. The molecule has 1 fully saturated rings. The summed E-state index contributed by atoms with van der Waals surface area (Å²) in [6.07, 6.45) is 3.99. The molecule has 0 radical (unpaired) electrons. The number of aromatic nitrogens is 2. The van der Waals surface area contributed by atoms with Crippen LogP contribution in [-0.4, -0.2) is 34.1 Å². The van der Waals surface area contributed by atoms with Gasteiger partial charge in [-0.3, -0.25) is 14.7 Å². The van der Waals surface area contributed by atoms with Gasteiger partial charge in [-0.25, -0.2) is 0 Å². The van der Waals surface area contributed by atoms with Gasteiger partial charge in [0.2, 0.25) is 5.91 Å². The highest BCUT2D eigenvalue weighted by atomic mass is 16.2. The lowest BCUT2D eigenvalue weighted by Gasteiger charge is -2.18. The van der Waals surface area contributed by atoms with Crippen LogP contribution in [0.1, 0.15) is 28.9 Å². The van der Waals surface area contributed by atoms with E-state index in [1.54, 1.807) is 6.07 Å². The number of carbonyl (C=O) groups is 2. The minimum atomic E-state index is -0.598. The van der Waals surface area contributed by atoms with Gasteiger partial charge in [-0.2, -0.15) is 5.10 Å². The number of rotatable bonds is 6. The van der Waals surface area contributed by atoms with E-state index < -0.39 is 6.04 Å². The molecule has 0 saturated heterocycles. The van der Waals surface area contributed by atoms with Crippen LogP contribution >= 0.6 is 0 Å². The maximum absolute atomic E-state index is 12.4. The van der Waals surface area contributed by atoms with Crippen molar-refractivity contribution in [3.8, 4) is 0 Å². The highest BCUT2D eigenvalue weighted by Gasteiger charge is 2.28. The van der Waals surface area contributed by atoms with Crippen LogP contribution in [0.25, 0.3) is 0 Å². The Labute approximate surface area is 128 Å². The van der Waals surface area contributed by atoms with Crippen molar-refractivity contribution < 1.29 is 9.59 Å². The van der Waals surface area contributed by atoms with Gasteiger partial charge in [-0.1, -0.05) is 30.3 Å². The molecule has 1 saturated carbocycles. The van der Waals surface area contributed by atoms with Gasteiger partial charge in [0.25, 0.3) is 5.91 Å². The SMILES string of the molecule is O=C(NC(Cc1ccccc1)C(=O)NC1CC1)c1ccn[nH]1. The number of benzene rings is 1. The van der Waals surface area contributed by atoms with Gasteiger partial charge < -0.3 is 10.6 Å². The van der Waals surface area contributed by atoms with Crippen molar-refractivity contribution in [1.29, 1.82) is 0 Å². The predicted molar refractivity (Wildman–Crippen MR) is 81.2 cm³/mol. The van der Waals surface area contributed by atoms with Gasteiger partial charge in [0.05, 0.1) is 0 Å². The molecule has 2 aromatic rings. The molecule has 1 unspecified atom stereocenters. The summed E-state index contributed by atoms with van der Waals surface area (Å²) < 4.78 is 0. The Morgan fingerprint density at radius 3 is 2.64 bits per heavy atom. The summed E-state index contributed by atoms with van der Waals surface area (Å²) in [4.78, 5) is 24.5. The van der Waals surface area contributed by atoms with E-state index in [1.807, 2.05) is 30.3 Å². The number of hydrogen-bond acceptors (Lipinski definition) is 3. The first-order valence-corrected chi connectivity index (χ1v) is 7.37. The summed E-state index contributed by atoms with van der Waals surface area (Å²) in [5.41, 5.74) is 1.35. The molecule has 1 aromatic heterocycles. The first kappa shape index (κ1) is 14.3. The maximum atomic E-state index is 12.4. The van der Waals surface area contributed by atoms with E-state index >= 15 is 0 Å². The maximum Gasteiger partial charge on any atom is 0.269 e. The molecule has 1 atom stereocenters. The summed E-state index contributed by atoms with van der Waals surface area (Å²) in [5, 5.41) is 12.1. The van der Waals surface area contributed by atoms with E-state index in [0.29, 0.717) is 12.1 Å². The Hall–Kier alpha value is -2.63. The van der Waals surface area contributed by atoms with Crippen molar-refractivity contribution in [1.82, 2.24) is 20.8 Å². The van der Waals surface area contributed by atoms with E-state index in [-0.39, 0.29) is 17.9 Å². The van der Waals surface area contributed by atoms with Crippen LogP contribution in [-0.2, 0) is 11.2 Å². The average Bonchev–Trinajstić information content (AvgIpc) is 3.17. The molecular formula is C16H18N4O2. The van der Waals surface area contributed by atoms with Gasteiger partial charge in [-0.15, -0.1) is 0 Å². The van der Waals surface area contributed by atoms with Gasteiger partial charge in [-0.05, 0) is 24.5 Å². The number of hydrogen-bond donors (Lipinski definition) is 3. The van der Waals surface area contributed by atoms with Gasteiger partial charge >= 0.3 is 0 Å². The van der Waals surface area contributed by atoms with Crippen LogP contribution in [0.4, 0.5) is 0 Å². The summed E-state index contributed by atoms with van der Waals surface area (Å²) in [6.45, 7) is 0. The van der Waals surface area contributed by atoms with Crippen LogP contribution in [0.15, 0.2) is 42.6 Å². The van der Waals surface area contributed by atoms with Crippen molar-refractivity contribution in [3.63, 3.8) is 0 Å². The number of nitrogens with zero attached hydrogens (tertiary/aromatic N) is 1. The highest BCUT2D eigenvalue weighted by molar-refractivity contribution is 5.96. The number of aromatic amines is 1. The Morgan fingerprint density at radius 1 is 1.23 bits per heavy atom. The molecule has 2 amide bonds. The molecule has 22 heavy (non-hydrogen) atoms. The van der Waals surface area contributed by atoms with Crippen LogP contribution in [0, 0.1) is 0 Å². The summed E-state index contributed by atoms with van der Waals surface area (Å²) in [5.74, 6) is -0.469. The molecule has 0 aliphatic heterocycles. The average molecular weight is 298 g/mol. The van der Waals surface area contributed by atoms with E-state index in [1.165, 1.54) is 6.20 Å². The van der Waals surface area contributed by atoms with Crippen LogP contribution in [0.3, 0.4) is 0 Å². The van der Waals surface area contributed by atoms with Crippen molar-refractivity contribution in [2.45, 2.75) is 31.3 Å². The molecule has 3 N–H and O–H groups in total. The third kappa shape index (κ3) is 3.72. The second-order valence-corrected chi connectivity index (χ2v) is 5.47. The lowest BCUT2D eigenvalue weighted by atomic mass is 10.0. The molecule has 0 bridgehead atoms. The number of nitrogens with one attached hydrogen (secondary N) is 3. The molecule has 6 nitrogen and oxygen atoms in total. The molecule has 6 heteroatoms. The van der Waals surface area contributed by atoms with Crippen LogP contribution in [0.5, 0.6) is 0 Å². The normalized spacial score (nSPS) is 15.1. The molecule has 1 heterocycles. The fourth-order valence-corrected chi connectivity index (χ4v) is 2.21. The van der Waals surface area contributed by atoms with Crippen molar-refractivity contribution in [2.24, 2.45) is 0 Å². The zero-order chi connectivity index (χ0) is 15.4. The van der Waals surface area contributed by atoms with Crippen molar-refractivity contribution in [2.75, 3.05) is 0 Å². The number of carbonyl (C=O) groups excluding carboxylic acids is 2. The van der Waals surface area contributed by atoms with E-state index in [0.717, 1.165) is 18.4 Å². The second-order valence-electron chi connectivity index (χ2n) is 5.47. The topological polar surface area (TPSA) is 86.9 Å². The summed E-state index contributed by atoms with van der Waals surface area (Å²) in [6, 6.07) is 10.9. The molecule has 0 spiro atoms. The molecule has 114 valence electrons. The lowest BCUT2D eigenvalue weighted by Crippen LogP contribution is -2.48. The van der Waals surface area contributed by atoms with Crippen molar-refractivity contribution in [3.05, 3.63) is 53.9 Å². The number of amides is 2. The Morgan fingerprint density at radius 2 is 2.00 bits per heavy atom. The highest BCUT2D eigenvalue weighted by Crippen LogP contribution is 2.19. The first-order chi connectivity index (χ1) is 10.7. The minimum Gasteiger partial charge on any atom is -0.352 e. The standard InChI is InChI=1S/C16H18N4O2/c21-15(13-8-9-17-20-13)19-14(16(22)18-12-6-7-12)10-11-4-2-1-3-5-11/h1-5,8-9,12,14H,6-7,10H2,(H,17,20)(H,18,22)(H,19,21). The van der Waals surface area contributed by atoms with Crippen LogP contribution in [0.2, 0.25) is 0 Å². The monoisotopic (exact) mass is 298 g/mol. The third-order valence-corrected chi connectivity index (χ3v) is 3.57. The van der Waals surface area contributed by atoms with Gasteiger partial charge in [0, 0.05) is 18.7 Å². The Bertz CT molecular complexity index is 635. The largest absolute Gasteiger partial charge is 0.352 e. The van der Waals surface area contributed by atoms with E-state index in [4.69, 9.17) is 0 Å².